The maximum absolute atomic E-state index is 12.1. The molecule has 0 aromatic heterocycles. The average Bonchev–Trinajstić information content (AvgIpc) is 3.19. The average molecular weight is 400 g/mol. The first-order chi connectivity index (χ1) is 13.9. The van der Waals surface area contributed by atoms with Crippen molar-refractivity contribution in [2.45, 2.75) is 83.5 Å². The second-order valence-corrected chi connectivity index (χ2v) is 11.4. The Kier molecular flexibility index (Phi) is 3.23. The van der Waals surface area contributed by atoms with Gasteiger partial charge in [0.15, 0.2) is 0 Å². The highest BCUT2D eigenvalue weighted by Gasteiger charge is 2.81. The summed E-state index contributed by atoms with van der Waals surface area (Å²) in [6, 6.07) is 0. The zero-order valence-electron chi connectivity index (χ0n) is 17.7. The molecule has 0 aromatic carbocycles. The molecular weight excluding hydrogens is 366 g/mol. The van der Waals surface area contributed by atoms with Crippen molar-refractivity contribution in [1.82, 2.24) is 4.90 Å². The first-order valence-corrected chi connectivity index (χ1v) is 11.8. The Morgan fingerprint density at radius 3 is 2.86 bits per heavy atom. The van der Waals surface area contributed by atoms with Crippen LogP contribution in [0.2, 0.25) is 0 Å². The molecule has 0 unspecified atom stereocenters. The van der Waals surface area contributed by atoms with E-state index in [1.165, 1.54) is 37.7 Å². The molecule has 10 atom stereocenters. The van der Waals surface area contributed by atoms with Crippen LogP contribution in [0.5, 0.6) is 0 Å². The van der Waals surface area contributed by atoms with Gasteiger partial charge in [-0.15, -0.1) is 0 Å². The third-order valence-corrected chi connectivity index (χ3v) is 10.7. The molecule has 29 heavy (non-hydrogen) atoms. The number of ether oxygens (including phenoxy) is 3. The molecule has 4 saturated heterocycles. The van der Waals surface area contributed by atoms with Crippen molar-refractivity contribution in [3.8, 4) is 0 Å². The lowest BCUT2D eigenvalue weighted by Crippen LogP contribution is -2.83. The molecule has 0 N–H and O–H groups in total. The Morgan fingerprint density at radius 2 is 2.03 bits per heavy atom. The fraction of sp³-hybridized carbons (Fsp3) is 0.875. The monoisotopic (exact) mass is 399 g/mol. The number of nitrogens with zero attached hydrogens (tertiary/aromatic N) is 1. The van der Waals surface area contributed by atoms with Crippen molar-refractivity contribution in [3.05, 3.63) is 12.2 Å². The van der Waals surface area contributed by atoms with E-state index in [1.54, 1.807) is 6.92 Å². The molecule has 0 aromatic rings. The van der Waals surface area contributed by atoms with Gasteiger partial charge < -0.3 is 14.2 Å². The van der Waals surface area contributed by atoms with Crippen molar-refractivity contribution in [3.63, 3.8) is 0 Å². The molecule has 5 nitrogen and oxygen atoms in total. The number of hydrogen-bond acceptors (Lipinski definition) is 5. The summed E-state index contributed by atoms with van der Waals surface area (Å²) in [6.07, 6.45) is 8.86. The number of carbonyl (C=O) groups excluding carboxylic acids is 1. The first-order valence-electron chi connectivity index (χ1n) is 11.8. The molecule has 9 aliphatic rings. The number of hydrogen-bond donors (Lipinski definition) is 0. The summed E-state index contributed by atoms with van der Waals surface area (Å²) in [6.45, 7) is 10.3. The van der Waals surface area contributed by atoms with Crippen molar-refractivity contribution < 1.29 is 19.0 Å². The number of piperidine rings is 1. The summed E-state index contributed by atoms with van der Waals surface area (Å²) in [5, 5.41) is 0. The second kappa shape index (κ2) is 5.28. The fourth-order valence-electron chi connectivity index (χ4n) is 10.0. The smallest absolute Gasteiger partial charge is 0.303 e. The predicted molar refractivity (Wildman–Crippen MR) is 106 cm³/mol. The van der Waals surface area contributed by atoms with Crippen LogP contribution >= 0.6 is 0 Å². The lowest BCUT2D eigenvalue weighted by atomic mass is 9.32. The normalized spacial score (nSPS) is 59.4. The van der Waals surface area contributed by atoms with Crippen LogP contribution in [-0.4, -0.2) is 48.7 Å². The second-order valence-electron chi connectivity index (χ2n) is 11.4. The summed E-state index contributed by atoms with van der Waals surface area (Å²) in [7, 11) is 0. The standard InChI is InChI=1S/C24H33NO4/c1-13-15-5-8-24(19(13)28-14(2)26)17(11-15)23-7-4-6-22(3)16(23)12-18(24)29-21(23)25-9-10-27-20(22)25/h15-21H,1,4-12H2,2-3H3/t15-,16+,17+,18+,19-,20-,21-,22+,23-,24+/m0/s1. The molecule has 5 aliphatic carbocycles. The van der Waals surface area contributed by atoms with Gasteiger partial charge in [-0.3, -0.25) is 4.79 Å². The summed E-state index contributed by atoms with van der Waals surface area (Å²) >= 11 is 0. The van der Waals surface area contributed by atoms with Crippen LogP contribution in [0, 0.1) is 34.0 Å². The molecule has 5 saturated carbocycles. The van der Waals surface area contributed by atoms with Gasteiger partial charge in [0.1, 0.15) is 18.6 Å². The first kappa shape index (κ1) is 17.7. The van der Waals surface area contributed by atoms with Gasteiger partial charge in [-0.2, -0.15) is 0 Å². The summed E-state index contributed by atoms with van der Waals surface area (Å²) in [4.78, 5) is 14.7. The summed E-state index contributed by atoms with van der Waals surface area (Å²) in [5.41, 5.74) is 1.51. The van der Waals surface area contributed by atoms with Crippen LogP contribution in [0.15, 0.2) is 12.2 Å². The molecule has 4 aliphatic heterocycles. The molecule has 9 fully saturated rings. The Labute approximate surface area is 173 Å². The lowest BCUT2D eigenvalue weighted by Gasteiger charge is -2.80. The highest BCUT2D eigenvalue weighted by Crippen LogP contribution is 2.79. The minimum Gasteiger partial charge on any atom is -0.457 e. The van der Waals surface area contributed by atoms with Gasteiger partial charge in [0.05, 0.1) is 12.7 Å². The molecule has 0 amide bonds. The molecule has 158 valence electrons. The van der Waals surface area contributed by atoms with Crippen LogP contribution in [0.25, 0.3) is 0 Å². The van der Waals surface area contributed by atoms with Crippen LogP contribution in [0.1, 0.15) is 58.8 Å². The number of fused-ring (bicyclic) bond motifs is 4. The Morgan fingerprint density at radius 1 is 1.17 bits per heavy atom. The highest BCUT2D eigenvalue weighted by molar-refractivity contribution is 5.67. The van der Waals surface area contributed by atoms with Crippen LogP contribution in [-0.2, 0) is 19.0 Å². The largest absolute Gasteiger partial charge is 0.457 e. The van der Waals surface area contributed by atoms with Gasteiger partial charge >= 0.3 is 5.97 Å². The zero-order valence-corrected chi connectivity index (χ0v) is 17.7. The van der Waals surface area contributed by atoms with Gasteiger partial charge in [-0.25, -0.2) is 4.90 Å². The van der Waals surface area contributed by atoms with Gasteiger partial charge in [-0.05, 0) is 61.9 Å². The lowest BCUT2D eigenvalue weighted by molar-refractivity contribution is -0.422. The van der Waals surface area contributed by atoms with Crippen molar-refractivity contribution >= 4 is 5.97 Å². The summed E-state index contributed by atoms with van der Waals surface area (Å²) < 4.78 is 19.5. The highest BCUT2D eigenvalue weighted by atomic mass is 16.6. The predicted octanol–water partition coefficient (Wildman–Crippen LogP) is 3.48. The van der Waals surface area contributed by atoms with Crippen LogP contribution in [0.3, 0.4) is 0 Å². The van der Waals surface area contributed by atoms with Crippen LogP contribution in [0.4, 0.5) is 0 Å². The quantitative estimate of drug-likeness (QED) is 0.499. The zero-order chi connectivity index (χ0) is 19.8. The van der Waals surface area contributed by atoms with E-state index in [-0.39, 0.29) is 46.9 Å². The van der Waals surface area contributed by atoms with Crippen LogP contribution < -0.4 is 0 Å². The third kappa shape index (κ3) is 1.74. The Balaban J connectivity index is 1.42. The van der Waals surface area contributed by atoms with Gasteiger partial charge in [0, 0.05) is 29.7 Å². The van der Waals surface area contributed by atoms with E-state index in [9.17, 15) is 4.79 Å². The van der Waals surface area contributed by atoms with E-state index in [0.717, 1.165) is 26.0 Å². The molecule has 4 heterocycles. The van der Waals surface area contributed by atoms with Gasteiger partial charge in [-0.1, -0.05) is 19.9 Å². The SMILES string of the molecule is C=C1[C@H]2CC[C@]3([C@H](C2)[C@@]24CCC[C@@]5(C)[C@@H]6OCCN6[C@H]2O[C@@H]3C[C@H]54)[C@H]1OC(C)=O. The maximum Gasteiger partial charge on any atom is 0.303 e. The minimum absolute atomic E-state index is 0.0594. The number of rotatable bonds is 1. The maximum atomic E-state index is 12.1. The van der Waals surface area contributed by atoms with E-state index in [2.05, 4.69) is 18.4 Å². The number of esters is 1. The topological polar surface area (TPSA) is 48.0 Å². The minimum atomic E-state index is -0.169. The molecule has 2 spiro atoms. The van der Waals surface area contributed by atoms with Gasteiger partial charge in [0.2, 0.25) is 0 Å². The van der Waals surface area contributed by atoms with E-state index in [4.69, 9.17) is 14.2 Å². The molecule has 0 radical (unpaired) electrons. The molecule has 5 heteroatoms. The van der Waals surface area contributed by atoms with Gasteiger partial charge in [0.25, 0.3) is 0 Å². The van der Waals surface area contributed by atoms with Crippen molar-refractivity contribution in [2.24, 2.45) is 34.0 Å². The molecule has 7 bridgehead atoms. The fourth-order valence-corrected chi connectivity index (χ4v) is 10.0. The van der Waals surface area contributed by atoms with E-state index >= 15 is 0 Å². The Hall–Kier alpha value is -0.910. The summed E-state index contributed by atoms with van der Waals surface area (Å²) in [5.74, 6) is 1.57. The molecular formula is C24H33NO4. The number of carbonyl (C=O) groups is 1. The van der Waals surface area contributed by atoms with E-state index in [1.807, 2.05) is 0 Å². The van der Waals surface area contributed by atoms with E-state index < -0.39 is 0 Å². The van der Waals surface area contributed by atoms with Crippen molar-refractivity contribution in [2.75, 3.05) is 13.2 Å². The molecule has 9 rings (SSSR count). The third-order valence-electron chi connectivity index (χ3n) is 10.7. The van der Waals surface area contributed by atoms with E-state index in [0.29, 0.717) is 17.8 Å². The Bertz CT molecular complexity index is 813. The van der Waals surface area contributed by atoms with Crippen molar-refractivity contribution in [1.29, 1.82) is 0 Å².